The van der Waals surface area contributed by atoms with Crippen molar-refractivity contribution in [2.24, 2.45) is 0 Å². The molecule has 23 heavy (non-hydrogen) atoms. The maximum absolute atomic E-state index is 13.0. The van der Waals surface area contributed by atoms with E-state index in [-0.39, 0.29) is 17.4 Å². The molecule has 0 saturated heterocycles. The second kappa shape index (κ2) is 6.53. The first kappa shape index (κ1) is 15.1. The fourth-order valence-corrected chi connectivity index (χ4v) is 2.14. The van der Waals surface area contributed by atoms with E-state index in [0.717, 1.165) is 6.07 Å². The molecule has 6 nitrogen and oxygen atoms in total. The summed E-state index contributed by atoms with van der Waals surface area (Å²) in [5.74, 6) is -0.0138. The maximum atomic E-state index is 13.0. The number of pyridine rings is 1. The Balaban J connectivity index is 1.68. The van der Waals surface area contributed by atoms with Crippen molar-refractivity contribution in [2.75, 3.05) is 5.32 Å². The Hall–Kier alpha value is -2.80. The molecule has 2 heterocycles. The number of H-pyrrole nitrogens is 1. The van der Waals surface area contributed by atoms with Gasteiger partial charge in [0.15, 0.2) is 5.82 Å². The van der Waals surface area contributed by atoms with Gasteiger partial charge in [0.05, 0.1) is 17.1 Å². The van der Waals surface area contributed by atoms with Gasteiger partial charge in [-0.15, -0.1) is 0 Å². The number of aromatic nitrogens is 4. The van der Waals surface area contributed by atoms with Crippen molar-refractivity contribution in [2.45, 2.75) is 6.42 Å². The number of hydrogen-bond acceptors (Lipinski definition) is 4. The molecule has 8 heteroatoms. The van der Waals surface area contributed by atoms with Crippen LogP contribution in [0.1, 0.15) is 5.82 Å². The lowest BCUT2D eigenvalue weighted by atomic mass is 10.3. The molecule has 0 bridgehead atoms. The second-order valence-corrected chi connectivity index (χ2v) is 5.08. The van der Waals surface area contributed by atoms with E-state index in [2.05, 4.69) is 25.5 Å². The summed E-state index contributed by atoms with van der Waals surface area (Å²) < 4.78 is 13.0. The average molecular weight is 332 g/mol. The molecule has 0 radical (unpaired) electrons. The quantitative estimate of drug-likeness (QED) is 0.770. The fraction of sp³-hybridized carbons (Fsp3) is 0.0667. The Kier molecular flexibility index (Phi) is 4.29. The van der Waals surface area contributed by atoms with Crippen molar-refractivity contribution in [1.82, 2.24) is 20.2 Å². The van der Waals surface area contributed by atoms with Gasteiger partial charge in [-0.05, 0) is 30.3 Å². The van der Waals surface area contributed by atoms with Gasteiger partial charge in [0.1, 0.15) is 17.3 Å². The molecular formula is C15H11ClFN5O. The smallest absolute Gasteiger partial charge is 0.232 e. The summed E-state index contributed by atoms with van der Waals surface area (Å²) in [6, 6.07) is 9.12. The first-order valence-corrected chi connectivity index (χ1v) is 7.07. The van der Waals surface area contributed by atoms with E-state index in [4.69, 9.17) is 11.6 Å². The van der Waals surface area contributed by atoms with Crippen LogP contribution in [0.15, 0.2) is 42.6 Å². The lowest BCUT2D eigenvalue weighted by molar-refractivity contribution is -0.115. The predicted molar refractivity (Wildman–Crippen MR) is 83.4 cm³/mol. The maximum Gasteiger partial charge on any atom is 0.232 e. The summed E-state index contributed by atoms with van der Waals surface area (Å²) in [7, 11) is 0. The monoisotopic (exact) mass is 331 g/mol. The van der Waals surface area contributed by atoms with E-state index in [1.54, 1.807) is 18.3 Å². The van der Waals surface area contributed by atoms with Gasteiger partial charge in [-0.25, -0.2) is 9.37 Å². The van der Waals surface area contributed by atoms with Gasteiger partial charge in [-0.3, -0.25) is 14.9 Å². The van der Waals surface area contributed by atoms with Crippen LogP contribution < -0.4 is 5.32 Å². The van der Waals surface area contributed by atoms with Gasteiger partial charge in [-0.2, -0.15) is 5.10 Å². The molecule has 0 fully saturated rings. The number of amides is 1. The third-order valence-corrected chi connectivity index (χ3v) is 3.27. The highest BCUT2D eigenvalue weighted by Gasteiger charge is 2.12. The number of halogens is 2. The highest BCUT2D eigenvalue weighted by Crippen LogP contribution is 2.22. The van der Waals surface area contributed by atoms with Crippen LogP contribution in [-0.4, -0.2) is 26.1 Å². The van der Waals surface area contributed by atoms with Gasteiger partial charge < -0.3 is 5.32 Å². The minimum absolute atomic E-state index is 0.0203. The molecule has 2 N–H and O–H groups in total. The van der Waals surface area contributed by atoms with Gasteiger partial charge in [-0.1, -0.05) is 17.7 Å². The molecule has 0 saturated carbocycles. The molecule has 0 aliphatic heterocycles. The zero-order valence-electron chi connectivity index (χ0n) is 11.8. The number of carbonyl (C=O) groups is 1. The van der Waals surface area contributed by atoms with Crippen molar-refractivity contribution in [3.8, 4) is 11.5 Å². The van der Waals surface area contributed by atoms with E-state index in [0.29, 0.717) is 23.0 Å². The summed E-state index contributed by atoms with van der Waals surface area (Å²) in [4.78, 5) is 20.3. The molecule has 3 rings (SSSR count). The summed E-state index contributed by atoms with van der Waals surface area (Å²) in [5.41, 5.74) is 0.944. The summed E-state index contributed by atoms with van der Waals surface area (Å²) in [6.07, 6.45) is 1.61. The van der Waals surface area contributed by atoms with Crippen LogP contribution >= 0.6 is 11.6 Å². The van der Waals surface area contributed by atoms with E-state index in [1.165, 1.54) is 12.1 Å². The van der Waals surface area contributed by atoms with Crippen molar-refractivity contribution < 1.29 is 9.18 Å². The Labute approximate surface area is 135 Å². The largest absolute Gasteiger partial charge is 0.324 e. The first-order chi connectivity index (χ1) is 11.1. The fourth-order valence-electron chi connectivity index (χ4n) is 1.92. The molecule has 1 aromatic carbocycles. The zero-order chi connectivity index (χ0) is 16.2. The highest BCUT2D eigenvalue weighted by molar-refractivity contribution is 6.33. The Morgan fingerprint density at radius 1 is 1.30 bits per heavy atom. The van der Waals surface area contributed by atoms with Gasteiger partial charge in [0.25, 0.3) is 0 Å². The standard InChI is InChI=1S/C15H11ClFN5O/c16-10-7-9(17)4-5-11(10)19-14(23)8-13-20-15(22-21-13)12-3-1-2-6-18-12/h1-7H,8H2,(H,19,23)(H,20,21,22). The molecule has 0 aliphatic rings. The van der Waals surface area contributed by atoms with Crippen LogP contribution in [0.3, 0.4) is 0 Å². The molecule has 3 aromatic rings. The Morgan fingerprint density at radius 2 is 2.17 bits per heavy atom. The summed E-state index contributed by atoms with van der Waals surface area (Å²) >= 11 is 5.86. The molecule has 1 amide bonds. The van der Waals surface area contributed by atoms with Crippen molar-refractivity contribution >= 4 is 23.2 Å². The number of nitrogens with zero attached hydrogens (tertiary/aromatic N) is 3. The third-order valence-electron chi connectivity index (χ3n) is 2.96. The molecule has 2 aromatic heterocycles. The van der Waals surface area contributed by atoms with Crippen molar-refractivity contribution in [3.05, 3.63) is 59.3 Å². The minimum atomic E-state index is -0.469. The number of benzene rings is 1. The highest BCUT2D eigenvalue weighted by atomic mass is 35.5. The Bertz CT molecular complexity index is 837. The zero-order valence-corrected chi connectivity index (χ0v) is 12.5. The first-order valence-electron chi connectivity index (χ1n) is 6.69. The average Bonchev–Trinajstić information content (AvgIpc) is 2.99. The van der Waals surface area contributed by atoms with Crippen LogP contribution in [0, 0.1) is 5.82 Å². The van der Waals surface area contributed by atoms with Crippen LogP contribution in [0.2, 0.25) is 5.02 Å². The normalized spacial score (nSPS) is 10.5. The van der Waals surface area contributed by atoms with Gasteiger partial charge in [0, 0.05) is 6.20 Å². The predicted octanol–water partition coefficient (Wildman–Crippen LogP) is 2.84. The topological polar surface area (TPSA) is 83.6 Å². The van der Waals surface area contributed by atoms with E-state index in [1.807, 2.05) is 6.07 Å². The number of aromatic amines is 1. The summed E-state index contributed by atoms with van der Waals surface area (Å²) in [6.45, 7) is 0. The van der Waals surface area contributed by atoms with Gasteiger partial charge >= 0.3 is 0 Å². The molecule has 0 atom stereocenters. The molecule has 0 unspecified atom stereocenters. The Morgan fingerprint density at radius 3 is 2.91 bits per heavy atom. The van der Waals surface area contributed by atoms with Crippen molar-refractivity contribution in [1.29, 1.82) is 0 Å². The van der Waals surface area contributed by atoms with Crippen LogP contribution in [0.25, 0.3) is 11.5 Å². The number of anilines is 1. The number of hydrogen-bond donors (Lipinski definition) is 2. The van der Waals surface area contributed by atoms with Crippen LogP contribution in [0.5, 0.6) is 0 Å². The van der Waals surface area contributed by atoms with Crippen LogP contribution in [0.4, 0.5) is 10.1 Å². The molecule has 0 spiro atoms. The number of carbonyl (C=O) groups excluding carboxylic acids is 1. The van der Waals surface area contributed by atoms with E-state index in [9.17, 15) is 9.18 Å². The SMILES string of the molecule is O=C(Cc1nc(-c2ccccn2)n[nH]1)Nc1ccc(F)cc1Cl. The lowest BCUT2D eigenvalue weighted by Crippen LogP contribution is -2.15. The van der Waals surface area contributed by atoms with Gasteiger partial charge in [0.2, 0.25) is 5.91 Å². The minimum Gasteiger partial charge on any atom is -0.324 e. The third kappa shape index (κ3) is 3.70. The number of nitrogens with one attached hydrogen (secondary N) is 2. The lowest BCUT2D eigenvalue weighted by Gasteiger charge is -2.05. The van der Waals surface area contributed by atoms with E-state index >= 15 is 0 Å². The van der Waals surface area contributed by atoms with Crippen molar-refractivity contribution in [3.63, 3.8) is 0 Å². The molecule has 116 valence electrons. The molecule has 0 aliphatic carbocycles. The summed E-state index contributed by atoms with van der Waals surface area (Å²) in [5, 5.41) is 9.43. The van der Waals surface area contributed by atoms with E-state index < -0.39 is 5.82 Å². The number of rotatable bonds is 4. The molecular weight excluding hydrogens is 321 g/mol. The second-order valence-electron chi connectivity index (χ2n) is 4.67. The van der Waals surface area contributed by atoms with Crippen LogP contribution in [-0.2, 0) is 11.2 Å².